The second kappa shape index (κ2) is 79.5. The number of unbranched alkanes of at least 4 members (excludes halogenated alkanes) is 53. The monoisotopic (exact) mass is 1610 g/mol. The highest BCUT2D eigenvalue weighted by molar-refractivity contribution is 7.47. The topological polar surface area (TPSA) is 237 Å². The molecule has 654 valence electrons. The summed E-state index contributed by atoms with van der Waals surface area (Å²) in [5, 5.41) is 10.7. The smallest absolute Gasteiger partial charge is 0.462 e. The van der Waals surface area contributed by atoms with E-state index in [1.807, 2.05) is 0 Å². The third kappa shape index (κ3) is 82.6. The fraction of sp³-hybridized carbons (Fsp3) is 0.956. The van der Waals surface area contributed by atoms with Crippen LogP contribution in [0.4, 0.5) is 0 Å². The van der Waals surface area contributed by atoms with Crippen LogP contribution in [0.2, 0.25) is 0 Å². The zero-order valence-electron chi connectivity index (χ0n) is 72.9. The van der Waals surface area contributed by atoms with Crippen LogP contribution in [0.15, 0.2) is 0 Å². The Kier molecular flexibility index (Phi) is 78.1. The molecule has 0 aromatic heterocycles. The summed E-state index contributed by atoms with van der Waals surface area (Å²) in [7, 11) is -9.93. The van der Waals surface area contributed by atoms with Crippen LogP contribution in [-0.4, -0.2) is 96.7 Å². The summed E-state index contributed by atoms with van der Waals surface area (Å²) >= 11 is 0. The molecule has 6 atom stereocenters. The van der Waals surface area contributed by atoms with E-state index in [4.69, 9.17) is 37.0 Å². The lowest BCUT2D eigenvalue weighted by atomic mass is 9.99. The number of aliphatic hydroxyl groups is 1. The molecule has 0 amide bonds. The van der Waals surface area contributed by atoms with Gasteiger partial charge in [-0.15, -0.1) is 0 Å². The van der Waals surface area contributed by atoms with Gasteiger partial charge in [0.25, 0.3) is 0 Å². The van der Waals surface area contributed by atoms with Crippen LogP contribution in [0.25, 0.3) is 0 Å². The molecule has 0 aliphatic carbocycles. The molecule has 0 aromatic rings. The first-order valence-corrected chi connectivity index (χ1v) is 49.7. The van der Waals surface area contributed by atoms with E-state index in [2.05, 4.69) is 55.4 Å². The first-order valence-electron chi connectivity index (χ1n) is 46.7. The van der Waals surface area contributed by atoms with Crippen molar-refractivity contribution >= 4 is 39.5 Å². The van der Waals surface area contributed by atoms with Crippen molar-refractivity contribution < 1.29 is 80.2 Å². The molecule has 0 rings (SSSR count). The molecule has 3 N–H and O–H groups in total. The summed E-state index contributed by atoms with van der Waals surface area (Å²) in [5.41, 5.74) is 0. The number of phosphoric acid groups is 2. The fourth-order valence-electron chi connectivity index (χ4n) is 14.2. The molecule has 0 saturated carbocycles. The Bertz CT molecular complexity index is 2130. The van der Waals surface area contributed by atoms with E-state index in [1.54, 1.807) is 0 Å². The van der Waals surface area contributed by atoms with Gasteiger partial charge in [-0.2, -0.15) is 0 Å². The molecule has 0 saturated heterocycles. The Morgan fingerprint density at radius 3 is 0.645 bits per heavy atom. The van der Waals surface area contributed by atoms with Crippen LogP contribution in [0.3, 0.4) is 0 Å². The number of phosphoric ester groups is 2. The van der Waals surface area contributed by atoms with E-state index in [0.717, 1.165) is 114 Å². The number of hydrogen-bond acceptors (Lipinski definition) is 15. The minimum absolute atomic E-state index is 0.107. The Balaban J connectivity index is 5.20. The van der Waals surface area contributed by atoms with E-state index < -0.39 is 97.5 Å². The van der Waals surface area contributed by atoms with E-state index in [1.165, 1.54) is 276 Å². The number of aliphatic hydroxyl groups excluding tert-OH is 1. The summed E-state index contributed by atoms with van der Waals surface area (Å²) in [5.74, 6) is 1.07. The standard InChI is InChI=1S/C91H178O17P2/c1-9-84(8)70-62-54-45-39-33-27-21-15-11-13-16-22-28-34-40-46-55-63-71-88(93)101-77-86(107-90(95)73-65-57-47-41-35-29-23-17-12-10-14-19-25-31-37-43-51-59-67-81(2)3)79-105-109(97,98)103-75-85(92)76-104-110(99,100)106-80-87(78-102-89(94)72-64-56-50-49-53-61-69-83(6)7)108-91(96)74-66-58-48-42-36-30-24-18-20-26-32-38-44-52-60-68-82(4)5/h81-87,92H,9-80H2,1-8H3,(H,97,98)(H,99,100)/t84?,85?,86-,87-/m1/s1. The first kappa shape index (κ1) is 108. The van der Waals surface area contributed by atoms with Crippen molar-refractivity contribution in [3.8, 4) is 0 Å². The first-order chi connectivity index (χ1) is 53.1. The Morgan fingerprint density at radius 2 is 0.436 bits per heavy atom. The predicted molar refractivity (Wildman–Crippen MR) is 455 cm³/mol. The number of rotatable bonds is 88. The minimum Gasteiger partial charge on any atom is -0.462 e. The van der Waals surface area contributed by atoms with Crippen molar-refractivity contribution in [1.29, 1.82) is 0 Å². The van der Waals surface area contributed by atoms with Crippen LogP contribution >= 0.6 is 15.6 Å². The highest BCUT2D eigenvalue weighted by Gasteiger charge is 2.31. The normalized spacial score (nSPS) is 14.1. The molecule has 4 unspecified atom stereocenters. The van der Waals surface area contributed by atoms with Crippen molar-refractivity contribution in [2.24, 2.45) is 23.7 Å². The molecule has 19 heteroatoms. The molecule has 0 radical (unpaired) electrons. The molecule has 0 heterocycles. The van der Waals surface area contributed by atoms with Crippen LogP contribution in [0.5, 0.6) is 0 Å². The molecule has 0 aromatic carbocycles. The number of hydrogen-bond donors (Lipinski definition) is 3. The Labute approximate surface area is 677 Å². The summed E-state index contributed by atoms with van der Waals surface area (Å²) < 4.78 is 69.0. The van der Waals surface area contributed by atoms with Crippen LogP contribution in [0, 0.1) is 23.7 Å². The van der Waals surface area contributed by atoms with Gasteiger partial charge in [0.2, 0.25) is 0 Å². The third-order valence-electron chi connectivity index (χ3n) is 21.7. The maximum absolute atomic E-state index is 13.2. The van der Waals surface area contributed by atoms with Crippen molar-refractivity contribution in [1.82, 2.24) is 0 Å². The van der Waals surface area contributed by atoms with Crippen molar-refractivity contribution in [3.63, 3.8) is 0 Å². The summed E-state index contributed by atoms with van der Waals surface area (Å²) in [6.45, 7) is 14.4. The number of carbonyl (C=O) groups excluding carboxylic acids is 4. The van der Waals surface area contributed by atoms with Crippen molar-refractivity contribution in [2.75, 3.05) is 39.6 Å². The lowest BCUT2D eigenvalue weighted by Crippen LogP contribution is -2.30. The van der Waals surface area contributed by atoms with Crippen LogP contribution in [-0.2, 0) is 65.4 Å². The summed E-state index contributed by atoms with van der Waals surface area (Å²) in [6.07, 6.45) is 71.1. The lowest BCUT2D eigenvalue weighted by molar-refractivity contribution is -0.161. The van der Waals surface area contributed by atoms with E-state index in [9.17, 15) is 43.2 Å². The molecular weight excluding hydrogens is 1430 g/mol. The SMILES string of the molecule is CCC(C)CCCCCCCCCCCCCCCCCCCCC(=O)OC[C@H](COP(=O)(O)OCC(O)COP(=O)(O)OC[C@@H](COC(=O)CCCCCCCCC(C)C)OC(=O)CCCCCCCCCCCCCCCCCC(C)C)OC(=O)CCCCCCCCCCCCCCCCCCCCC(C)C. The molecule has 17 nitrogen and oxygen atoms in total. The van der Waals surface area contributed by atoms with E-state index in [-0.39, 0.29) is 25.7 Å². The fourth-order valence-corrected chi connectivity index (χ4v) is 15.7. The second-order valence-corrected chi connectivity index (χ2v) is 37.3. The van der Waals surface area contributed by atoms with Crippen LogP contribution < -0.4 is 0 Å². The summed E-state index contributed by atoms with van der Waals surface area (Å²) in [4.78, 5) is 73.3. The largest absolute Gasteiger partial charge is 0.472 e. The van der Waals surface area contributed by atoms with Gasteiger partial charge in [0.1, 0.15) is 19.3 Å². The Hall–Kier alpha value is -1.94. The highest BCUT2D eigenvalue weighted by atomic mass is 31.2. The van der Waals surface area contributed by atoms with Gasteiger partial charge in [0.05, 0.1) is 26.4 Å². The van der Waals surface area contributed by atoms with Gasteiger partial charge in [0.15, 0.2) is 12.2 Å². The van der Waals surface area contributed by atoms with Gasteiger partial charge in [-0.1, -0.05) is 428 Å². The van der Waals surface area contributed by atoms with Gasteiger partial charge < -0.3 is 33.8 Å². The zero-order chi connectivity index (χ0) is 80.9. The van der Waals surface area contributed by atoms with Gasteiger partial charge in [-0.3, -0.25) is 37.3 Å². The molecule has 110 heavy (non-hydrogen) atoms. The number of ether oxygens (including phenoxy) is 4. The van der Waals surface area contributed by atoms with E-state index >= 15 is 0 Å². The Morgan fingerprint density at radius 1 is 0.255 bits per heavy atom. The maximum atomic E-state index is 13.2. The van der Waals surface area contributed by atoms with Crippen LogP contribution in [0.1, 0.15) is 479 Å². The van der Waals surface area contributed by atoms with Crippen molar-refractivity contribution in [3.05, 3.63) is 0 Å². The average Bonchev–Trinajstić information content (AvgIpc) is 0.898. The quantitative estimate of drug-likeness (QED) is 0.0222. The average molecular weight is 1610 g/mol. The van der Waals surface area contributed by atoms with Crippen molar-refractivity contribution in [2.45, 2.75) is 497 Å². The number of esters is 4. The highest BCUT2D eigenvalue weighted by Crippen LogP contribution is 2.45. The molecule has 0 aliphatic rings. The van der Waals surface area contributed by atoms with Gasteiger partial charge in [-0.05, 0) is 49.4 Å². The zero-order valence-corrected chi connectivity index (χ0v) is 74.7. The molecular formula is C91H178O17P2. The minimum atomic E-state index is -4.97. The predicted octanol–water partition coefficient (Wildman–Crippen LogP) is 27.9. The molecule has 0 aliphatic heterocycles. The molecule has 0 bridgehead atoms. The summed E-state index contributed by atoms with van der Waals surface area (Å²) in [6, 6.07) is 0. The van der Waals surface area contributed by atoms with Gasteiger partial charge in [0, 0.05) is 25.7 Å². The third-order valence-corrected chi connectivity index (χ3v) is 23.6. The van der Waals surface area contributed by atoms with Gasteiger partial charge in [-0.25, -0.2) is 9.13 Å². The van der Waals surface area contributed by atoms with Gasteiger partial charge >= 0.3 is 39.5 Å². The van der Waals surface area contributed by atoms with E-state index in [0.29, 0.717) is 31.6 Å². The molecule has 0 fully saturated rings. The number of carbonyl (C=O) groups is 4. The second-order valence-electron chi connectivity index (χ2n) is 34.4. The lowest BCUT2D eigenvalue weighted by Gasteiger charge is -2.21. The maximum Gasteiger partial charge on any atom is 0.472 e. The molecule has 0 spiro atoms.